The largest absolute Gasteiger partial charge is 0.477 e. The molecule has 1 N–H and O–H groups in total. The molecule has 42 heavy (non-hydrogen) atoms. The Bertz CT molecular complexity index is 1860. The first-order valence-corrected chi connectivity index (χ1v) is 13.8. The van der Waals surface area contributed by atoms with Crippen molar-refractivity contribution in [3.05, 3.63) is 132 Å². The van der Waals surface area contributed by atoms with Crippen molar-refractivity contribution in [2.45, 2.75) is 0 Å². The summed E-state index contributed by atoms with van der Waals surface area (Å²) < 4.78 is 6.03. The zero-order valence-electron chi connectivity index (χ0n) is 22.1. The van der Waals surface area contributed by atoms with E-state index in [1.165, 1.54) is 17.4 Å². The number of hydrogen-bond acceptors (Lipinski definition) is 7. The van der Waals surface area contributed by atoms with E-state index in [9.17, 15) is 4.79 Å². The Hall–Kier alpha value is -5.78. The minimum atomic E-state index is -1.24. The number of hydrogen-bond donors (Lipinski definition) is 1. The molecule has 7 nitrogen and oxygen atoms in total. The average molecular weight is 567 g/mol. The van der Waals surface area contributed by atoms with E-state index in [-0.39, 0.29) is 5.57 Å². The quantitative estimate of drug-likeness (QED) is 0.145. The van der Waals surface area contributed by atoms with Gasteiger partial charge in [0.15, 0.2) is 0 Å². The van der Waals surface area contributed by atoms with E-state index >= 15 is 0 Å². The monoisotopic (exact) mass is 566 g/mol. The molecular weight excluding hydrogens is 544 g/mol. The van der Waals surface area contributed by atoms with Crippen LogP contribution in [-0.2, 0) is 4.79 Å². The van der Waals surface area contributed by atoms with Crippen molar-refractivity contribution in [2.24, 2.45) is 0 Å². The molecule has 2 heterocycles. The number of benzene rings is 4. The molecule has 2 aromatic heterocycles. The first-order chi connectivity index (χ1) is 20.6. The molecule has 0 atom stereocenters. The highest BCUT2D eigenvalue weighted by Crippen LogP contribution is 2.36. The highest BCUT2D eigenvalue weighted by atomic mass is 32.1. The van der Waals surface area contributed by atoms with Gasteiger partial charge in [0.2, 0.25) is 11.8 Å². The zero-order chi connectivity index (χ0) is 28.9. The lowest BCUT2D eigenvalue weighted by Crippen LogP contribution is -2.09. The van der Waals surface area contributed by atoms with Crippen molar-refractivity contribution < 1.29 is 14.3 Å². The summed E-state index contributed by atoms with van der Waals surface area (Å²) in [6.07, 6.45) is 1.37. The summed E-state index contributed by atoms with van der Waals surface area (Å²) in [6, 6.07) is 41.5. The molecule has 0 saturated carbocycles. The minimum absolute atomic E-state index is 0.301. The van der Waals surface area contributed by atoms with Gasteiger partial charge in [0.05, 0.1) is 0 Å². The minimum Gasteiger partial charge on any atom is -0.477 e. The third-order valence-electron chi connectivity index (χ3n) is 6.51. The van der Waals surface area contributed by atoms with Crippen molar-refractivity contribution in [2.75, 3.05) is 4.90 Å². The highest BCUT2D eigenvalue weighted by molar-refractivity contribution is 7.16. The smallest absolute Gasteiger partial charge is 0.346 e. The molecule has 0 radical (unpaired) electrons. The van der Waals surface area contributed by atoms with Crippen LogP contribution in [0, 0.1) is 11.3 Å². The van der Waals surface area contributed by atoms with Crippen molar-refractivity contribution in [1.29, 1.82) is 5.26 Å². The summed E-state index contributed by atoms with van der Waals surface area (Å²) in [6.45, 7) is 0. The number of nitrogens with zero attached hydrogens (tertiary/aromatic N) is 4. The predicted molar refractivity (Wildman–Crippen MR) is 164 cm³/mol. The maximum Gasteiger partial charge on any atom is 0.346 e. The van der Waals surface area contributed by atoms with Crippen LogP contribution in [0.5, 0.6) is 0 Å². The van der Waals surface area contributed by atoms with Gasteiger partial charge in [-0.3, -0.25) is 0 Å². The molecule has 0 spiro atoms. The predicted octanol–water partition coefficient (Wildman–Crippen LogP) is 8.59. The number of para-hydroxylation sites is 2. The van der Waals surface area contributed by atoms with Crippen LogP contribution in [0.1, 0.15) is 4.88 Å². The number of carbonyl (C=O) groups is 1. The van der Waals surface area contributed by atoms with Gasteiger partial charge in [-0.1, -0.05) is 48.5 Å². The lowest BCUT2D eigenvalue weighted by Gasteiger charge is -2.25. The molecule has 6 rings (SSSR count). The number of anilines is 3. The number of carboxylic acid groups (broad SMARTS) is 1. The Balaban J connectivity index is 1.21. The topological polar surface area (TPSA) is 103 Å². The molecule has 202 valence electrons. The van der Waals surface area contributed by atoms with E-state index in [0.717, 1.165) is 38.6 Å². The lowest BCUT2D eigenvalue weighted by atomic mass is 10.1. The number of aromatic nitrogens is 2. The van der Waals surface area contributed by atoms with Gasteiger partial charge in [0, 0.05) is 37.9 Å². The Labute approximate surface area is 245 Å². The molecule has 0 aliphatic heterocycles. The number of thiophene rings is 1. The molecule has 8 heteroatoms. The van der Waals surface area contributed by atoms with Crippen LogP contribution in [0.15, 0.2) is 131 Å². The summed E-state index contributed by atoms with van der Waals surface area (Å²) in [5, 5.41) is 26.6. The summed E-state index contributed by atoms with van der Waals surface area (Å²) >= 11 is 1.40. The van der Waals surface area contributed by atoms with Crippen LogP contribution in [-0.4, -0.2) is 21.3 Å². The first kappa shape index (κ1) is 26.4. The molecule has 0 amide bonds. The zero-order valence-corrected chi connectivity index (χ0v) is 22.9. The normalized spacial score (nSPS) is 11.2. The summed E-state index contributed by atoms with van der Waals surface area (Å²) in [7, 11) is 0. The maximum atomic E-state index is 11.1. The Morgan fingerprint density at radius 3 is 1.74 bits per heavy atom. The first-order valence-electron chi connectivity index (χ1n) is 13.0. The third-order valence-corrected chi connectivity index (χ3v) is 7.59. The second-order valence-electron chi connectivity index (χ2n) is 9.22. The van der Waals surface area contributed by atoms with E-state index < -0.39 is 5.97 Å². The van der Waals surface area contributed by atoms with Crippen LogP contribution in [0.4, 0.5) is 17.1 Å². The Morgan fingerprint density at radius 2 is 1.21 bits per heavy atom. The number of aliphatic carboxylic acids is 1. The molecule has 0 unspecified atom stereocenters. The van der Waals surface area contributed by atoms with E-state index in [1.54, 1.807) is 12.1 Å². The van der Waals surface area contributed by atoms with Crippen molar-refractivity contribution >= 4 is 40.4 Å². The van der Waals surface area contributed by atoms with Gasteiger partial charge in [0.25, 0.3) is 0 Å². The summed E-state index contributed by atoms with van der Waals surface area (Å²) in [5.74, 6) is -0.410. The van der Waals surface area contributed by atoms with E-state index in [4.69, 9.17) is 14.8 Å². The fourth-order valence-corrected chi connectivity index (χ4v) is 5.41. The third kappa shape index (κ3) is 5.59. The van der Waals surface area contributed by atoms with Gasteiger partial charge in [-0.05, 0) is 84.4 Å². The molecule has 4 aromatic carbocycles. The second kappa shape index (κ2) is 11.8. The van der Waals surface area contributed by atoms with Gasteiger partial charge >= 0.3 is 5.97 Å². The summed E-state index contributed by atoms with van der Waals surface area (Å²) in [4.78, 5) is 14.9. The lowest BCUT2D eigenvalue weighted by molar-refractivity contribution is -0.132. The summed E-state index contributed by atoms with van der Waals surface area (Å²) in [5.41, 5.74) is 5.37. The van der Waals surface area contributed by atoms with E-state index in [1.807, 2.05) is 91.0 Å². The van der Waals surface area contributed by atoms with Crippen molar-refractivity contribution in [1.82, 2.24) is 10.2 Å². The standard InChI is InChI=1S/C34H22N4O3S/c35-22-26(34(39)40)21-30-19-20-31(42-30)23-11-13-24(14-12-23)32-36-37-33(41-32)25-15-17-29(18-16-25)38(27-7-3-1-4-8-27)28-9-5-2-6-10-28/h1-21H,(H,39,40)/b26-21+. The number of rotatable bonds is 8. The highest BCUT2D eigenvalue weighted by Gasteiger charge is 2.15. The molecule has 6 aromatic rings. The molecule has 0 aliphatic carbocycles. The molecular formula is C34H22N4O3S. The Morgan fingerprint density at radius 1 is 0.714 bits per heavy atom. The van der Waals surface area contributed by atoms with Gasteiger partial charge in [-0.15, -0.1) is 21.5 Å². The van der Waals surface area contributed by atoms with Crippen LogP contribution in [0.2, 0.25) is 0 Å². The molecule has 0 aliphatic rings. The van der Waals surface area contributed by atoms with Gasteiger partial charge in [0.1, 0.15) is 11.6 Å². The van der Waals surface area contributed by atoms with Crippen LogP contribution >= 0.6 is 11.3 Å². The molecule has 0 fully saturated rings. The van der Waals surface area contributed by atoms with E-state index in [2.05, 4.69) is 39.4 Å². The number of nitriles is 1. The van der Waals surface area contributed by atoms with Gasteiger partial charge < -0.3 is 14.4 Å². The fourth-order valence-electron chi connectivity index (χ4n) is 4.46. The molecule has 0 bridgehead atoms. The number of carboxylic acids is 1. The van der Waals surface area contributed by atoms with Crippen LogP contribution in [0.25, 0.3) is 39.4 Å². The van der Waals surface area contributed by atoms with Crippen molar-refractivity contribution in [3.63, 3.8) is 0 Å². The maximum absolute atomic E-state index is 11.1. The SMILES string of the molecule is N#C/C(=C\c1ccc(-c2ccc(-c3nnc(-c4ccc(N(c5ccccc5)c5ccccc5)cc4)o3)cc2)s1)C(=O)O. The van der Waals surface area contributed by atoms with Gasteiger partial charge in [-0.2, -0.15) is 5.26 Å². The van der Waals surface area contributed by atoms with Crippen LogP contribution in [0.3, 0.4) is 0 Å². The van der Waals surface area contributed by atoms with Crippen LogP contribution < -0.4 is 4.90 Å². The average Bonchev–Trinajstić information content (AvgIpc) is 3.72. The molecule has 0 saturated heterocycles. The van der Waals surface area contributed by atoms with Crippen molar-refractivity contribution in [3.8, 4) is 39.4 Å². The second-order valence-corrected chi connectivity index (χ2v) is 10.3. The van der Waals surface area contributed by atoms with E-state index in [0.29, 0.717) is 16.7 Å². The fraction of sp³-hybridized carbons (Fsp3) is 0. The Kier molecular flexibility index (Phi) is 7.40. The van der Waals surface area contributed by atoms with Gasteiger partial charge in [-0.25, -0.2) is 4.79 Å².